The lowest BCUT2D eigenvalue weighted by Gasteiger charge is -2.39. The molecule has 0 amide bonds. The van der Waals surface area contributed by atoms with Crippen LogP contribution >= 0.6 is 22.6 Å². The van der Waals surface area contributed by atoms with Crippen LogP contribution in [0.3, 0.4) is 0 Å². The fraction of sp³-hybridized carbons (Fsp3) is 0.600. The number of hydrogen-bond donors (Lipinski definition) is 2. The SMILES string of the molecule is CCC1CCNC(C(C)(O)c2ccc(I)cc2)C1. The van der Waals surface area contributed by atoms with Gasteiger partial charge in [0, 0.05) is 9.61 Å². The van der Waals surface area contributed by atoms with Crippen molar-refractivity contribution in [3.05, 3.63) is 33.4 Å². The Kier molecular flexibility index (Phi) is 4.67. The maximum Gasteiger partial charge on any atom is 0.102 e. The van der Waals surface area contributed by atoms with Crippen LogP contribution in [0.4, 0.5) is 0 Å². The van der Waals surface area contributed by atoms with Crippen LogP contribution in [0.5, 0.6) is 0 Å². The third kappa shape index (κ3) is 3.06. The van der Waals surface area contributed by atoms with E-state index in [9.17, 15) is 5.11 Å². The molecule has 3 heteroatoms. The second-order valence-corrected chi connectivity index (χ2v) is 6.71. The Balaban J connectivity index is 2.16. The fourth-order valence-electron chi connectivity index (χ4n) is 2.78. The van der Waals surface area contributed by atoms with E-state index in [4.69, 9.17) is 0 Å². The molecule has 3 unspecified atom stereocenters. The molecule has 100 valence electrons. The van der Waals surface area contributed by atoms with E-state index in [1.807, 2.05) is 19.1 Å². The van der Waals surface area contributed by atoms with Crippen molar-refractivity contribution in [3.63, 3.8) is 0 Å². The zero-order valence-corrected chi connectivity index (χ0v) is 13.3. The molecule has 1 heterocycles. The molecule has 2 N–H and O–H groups in total. The lowest BCUT2D eigenvalue weighted by Crippen LogP contribution is -2.51. The van der Waals surface area contributed by atoms with Crippen LogP contribution in [0, 0.1) is 9.49 Å². The highest BCUT2D eigenvalue weighted by Crippen LogP contribution is 2.32. The summed E-state index contributed by atoms with van der Waals surface area (Å²) in [5, 5.41) is 14.3. The van der Waals surface area contributed by atoms with E-state index < -0.39 is 5.60 Å². The molecule has 0 spiro atoms. The Morgan fingerprint density at radius 3 is 2.67 bits per heavy atom. The van der Waals surface area contributed by atoms with Crippen LogP contribution in [0.1, 0.15) is 38.7 Å². The Morgan fingerprint density at radius 2 is 2.06 bits per heavy atom. The minimum Gasteiger partial charge on any atom is -0.384 e. The first kappa shape index (κ1) is 14.3. The lowest BCUT2D eigenvalue weighted by molar-refractivity contribution is -0.00310. The van der Waals surface area contributed by atoms with Crippen molar-refractivity contribution in [1.82, 2.24) is 5.32 Å². The first-order valence-electron chi connectivity index (χ1n) is 6.75. The normalized spacial score (nSPS) is 27.8. The third-order valence-electron chi connectivity index (χ3n) is 4.20. The predicted octanol–water partition coefficient (Wildman–Crippen LogP) is 3.28. The van der Waals surface area contributed by atoms with Crippen molar-refractivity contribution >= 4 is 22.6 Å². The topological polar surface area (TPSA) is 32.3 Å². The maximum absolute atomic E-state index is 10.8. The highest BCUT2D eigenvalue weighted by molar-refractivity contribution is 14.1. The van der Waals surface area contributed by atoms with Gasteiger partial charge in [-0.3, -0.25) is 0 Å². The minimum atomic E-state index is -0.780. The maximum atomic E-state index is 10.8. The molecule has 2 rings (SSSR count). The molecule has 1 fully saturated rings. The number of benzene rings is 1. The van der Waals surface area contributed by atoms with E-state index in [0.717, 1.165) is 24.4 Å². The summed E-state index contributed by atoms with van der Waals surface area (Å²) in [4.78, 5) is 0. The first-order chi connectivity index (χ1) is 8.54. The van der Waals surface area contributed by atoms with Crippen LogP contribution in [0.15, 0.2) is 24.3 Å². The fourth-order valence-corrected chi connectivity index (χ4v) is 3.14. The quantitative estimate of drug-likeness (QED) is 0.812. The Morgan fingerprint density at radius 1 is 1.39 bits per heavy atom. The second kappa shape index (κ2) is 5.88. The molecule has 0 bridgehead atoms. The van der Waals surface area contributed by atoms with Gasteiger partial charge in [0.15, 0.2) is 0 Å². The number of halogens is 1. The van der Waals surface area contributed by atoms with Crippen LogP contribution in [0.25, 0.3) is 0 Å². The monoisotopic (exact) mass is 359 g/mol. The smallest absolute Gasteiger partial charge is 0.102 e. The third-order valence-corrected chi connectivity index (χ3v) is 4.92. The van der Waals surface area contributed by atoms with Gasteiger partial charge in [-0.1, -0.05) is 25.5 Å². The Hall–Kier alpha value is -0.130. The highest BCUT2D eigenvalue weighted by Gasteiger charge is 2.36. The molecule has 0 aromatic heterocycles. The summed E-state index contributed by atoms with van der Waals surface area (Å²) in [5.74, 6) is 0.742. The first-order valence-corrected chi connectivity index (χ1v) is 7.83. The van der Waals surface area contributed by atoms with Crippen molar-refractivity contribution in [1.29, 1.82) is 0 Å². The van der Waals surface area contributed by atoms with Crippen LogP contribution in [0.2, 0.25) is 0 Å². The lowest BCUT2D eigenvalue weighted by atomic mass is 9.79. The molecule has 1 aromatic carbocycles. The summed E-state index contributed by atoms with van der Waals surface area (Å²) < 4.78 is 1.20. The molecule has 0 aliphatic carbocycles. The molecular formula is C15H22INO. The molecule has 18 heavy (non-hydrogen) atoms. The van der Waals surface area contributed by atoms with Gasteiger partial charge < -0.3 is 10.4 Å². The number of aliphatic hydroxyl groups is 1. The Bertz CT molecular complexity index is 388. The molecule has 1 aliphatic heterocycles. The second-order valence-electron chi connectivity index (χ2n) is 5.46. The van der Waals surface area contributed by atoms with Gasteiger partial charge in [-0.15, -0.1) is 0 Å². The zero-order valence-electron chi connectivity index (χ0n) is 11.1. The molecule has 0 radical (unpaired) electrons. The zero-order chi connectivity index (χ0) is 13.2. The van der Waals surface area contributed by atoms with E-state index in [-0.39, 0.29) is 6.04 Å². The van der Waals surface area contributed by atoms with E-state index in [2.05, 4.69) is 47.0 Å². The average Bonchev–Trinajstić information content (AvgIpc) is 2.39. The van der Waals surface area contributed by atoms with Crippen LogP contribution in [-0.4, -0.2) is 17.7 Å². The van der Waals surface area contributed by atoms with Gasteiger partial charge in [0.05, 0.1) is 0 Å². The molecule has 1 aromatic rings. The van der Waals surface area contributed by atoms with Gasteiger partial charge >= 0.3 is 0 Å². The molecular weight excluding hydrogens is 337 g/mol. The van der Waals surface area contributed by atoms with Gasteiger partial charge in [0.25, 0.3) is 0 Å². The van der Waals surface area contributed by atoms with Crippen LogP contribution < -0.4 is 5.32 Å². The van der Waals surface area contributed by atoms with Crippen molar-refractivity contribution in [3.8, 4) is 0 Å². The molecule has 3 atom stereocenters. The summed E-state index contributed by atoms with van der Waals surface area (Å²) >= 11 is 2.29. The average molecular weight is 359 g/mol. The summed E-state index contributed by atoms with van der Waals surface area (Å²) in [6.07, 6.45) is 3.51. The largest absolute Gasteiger partial charge is 0.384 e. The number of nitrogens with one attached hydrogen (secondary N) is 1. The molecule has 1 saturated heterocycles. The molecule has 0 saturated carbocycles. The number of rotatable bonds is 3. The van der Waals surface area contributed by atoms with Gasteiger partial charge in [-0.2, -0.15) is 0 Å². The number of hydrogen-bond acceptors (Lipinski definition) is 2. The highest BCUT2D eigenvalue weighted by atomic mass is 127. The van der Waals surface area contributed by atoms with E-state index in [0.29, 0.717) is 0 Å². The van der Waals surface area contributed by atoms with Crippen molar-refractivity contribution in [2.45, 2.75) is 44.8 Å². The van der Waals surface area contributed by atoms with Crippen molar-refractivity contribution in [2.75, 3.05) is 6.54 Å². The summed E-state index contributed by atoms with van der Waals surface area (Å²) in [7, 11) is 0. The minimum absolute atomic E-state index is 0.163. The standard InChI is InChI=1S/C15H22INO/c1-3-11-8-9-17-14(10-11)15(2,18)12-4-6-13(16)7-5-12/h4-7,11,14,17-18H,3,8-10H2,1-2H3. The van der Waals surface area contributed by atoms with E-state index in [1.165, 1.54) is 16.4 Å². The van der Waals surface area contributed by atoms with Crippen LogP contribution in [-0.2, 0) is 5.60 Å². The van der Waals surface area contributed by atoms with Crippen molar-refractivity contribution < 1.29 is 5.11 Å². The van der Waals surface area contributed by atoms with E-state index in [1.54, 1.807) is 0 Å². The molecule has 1 aliphatic rings. The van der Waals surface area contributed by atoms with Gasteiger partial charge in [0.2, 0.25) is 0 Å². The summed E-state index contributed by atoms with van der Waals surface area (Å²) in [6.45, 7) is 5.20. The van der Waals surface area contributed by atoms with E-state index >= 15 is 0 Å². The van der Waals surface area contributed by atoms with Gasteiger partial charge in [0.1, 0.15) is 5.60 Å². The Labute approximate surface area is 123 Å². The summed E-state index contributed by atoms with van der Waals surface area (Å²) in [6, 6.07) is 8.36. The predicted molar refractivity (Wildman–Crippen MR) is 83.5 cm³/mol. The molecule has 2 nitrogen and oxygen atoms in total. The van der Waals surface area contributed by atoms with Gasteiger partial charge in [-0.25, -0.2) is 0 Å². The summed E-state index contributed by atoms with van der Waals surface area (Å²) in [5.41, 5.74) is 0.232. The van der Waals surface area contributed by atoms with Crippen molar-refractivity contribution in [2.24, 2.45) is 5.92 Å². The van der Waals surface area contributed by atoms with Gasteiger partial charge in [-0.05, 0) is 72.5 Å². The number of piperidine rings is 1.